The Morgan fingerprint density at radius 1 is 1.17 bits per heavy atom. The Labute approximate surface area is 111 Å². The number of methoxy groups -OCH3 is 1. The average molecular weight is 247 g/mol. The first-order chi connectivity index (χ1) is 8.52. The summed E-state index contributed by atoms with van der Waals surface area (Å²) in [6, 6.07) is 6.69. The fourth-order valence-corrected chi connectivity index (χ4v) is 2.65. The number of hydrogen-bond acceptors (Lipinski definition) is 2. The SMILES string of the molecule is COc1ccc(C(C)(C)C)cc1C1CCNCC1. The van der Waals surface area contributed by atoms with Crippen LogP contribution in [-0.4, -0.2) is 20.2 Å². The van der Waals surface area contributed by atoms with Crippen molar-refractivity contribution in [3.63, 3.8) is 0 Å². The molecule has 0 aromatic heterocycles. The van der Waals surface area contributed by atoms with Gasteiger partial charge in [0.25, 0.3) is 0 Å². The van der Waals surface area contributed by atoms with E-state index in [0.717, 1.165) is 18.8 Å². The second kappa shape index (κ2) is 5.31. The van der Waals surface area contributed by atoms with Crippen LogP contribution < -0.4 is 10.1 Å². The molecule has 1 heterocycles. The zero-order valence-corrected chi connectivity index (χ0v) is 12.0. The van der Waals surface area contributed by atoms with Crippen molar-refractivity contribution >= 4 is 0 Å². The Morgan fingerprint density at radius 3 is 2.39 bits per heavy atom. The lowest BCUT2D eigenvalue weighted by Gasteiger charge is -2.27. The van der Waals surface area contributed by atoms with Crippen LogP contribution in [0.1, 0.15) is 50.7 Å². The first kappa shape index (κ1) is 13.4. The third kappa shape index (κ3) is 2.86. The van der Waals surface area contributed by atoms with Gasteiger partial charge in [-0.1, -0.05) is 32.9 Å². The molecule has 1 aliphatic rings. The van der Waals surface area contributed by atoms with E-state index in [2.05, 4.69) is 44.3 Å². The van der Waals surface area contributed by atoms with Gasteiger partial charge in [0.05, 0.1) is 7.11 Å². The number of ether oxygens (including phenoxy) is 1. The van der Waals surface area contributed by atoms with Gasteiger partial charge in [-0.2, -0.15) is 0 Å². The van der Waals surface area contributed by atoms with Gasteiger partial charge < -0.3 is 10.1 Å². The summed E-state index contributed by atoms with van der Waals surface area (Å²) in [5.74, 6) is 1.69. The first-order valence-electron chi connectivity index (χ1n) is 6.91. The fraction of sp³-hybridized carbons (Fsp3) is 0.625. The minimum atomic E-state index is 0.202. The van der Waals surface area contributed by atoms with E-state index < -0.39 is 0 Å². The van der Waals surface area contributed by atoms with Crippen molar-refractivity contribution in [1.29, 1.82) is 0 Å². The highest BCUT2D eigenvalue weighted by Crippen LogP contribution is 2.36. The predicted molar refractivity (Wildman–Crippen MR) is 76.5 cm³/mol. The summed E-state index contributed by atoms with van der Waals surface area (Å²) in [7, 11) is 1.77. The Bertz CT molecular complexity index is 400. The summed E-state index contributed by atoms with van der Waals surface area (Å²) in [5.41, 5.74) is 3.00. The number of hydrogen-bond donors (Lipinski definition) is 1. The van der Waals surface area contributed by atoms with E-state index in [1.54, 1.807) is 7.11 Å². The van der Waals surface area contributed by atoms with Crippen molar-refractivity contribution in [3.8, 4) is 5.75 Å². The van der Waals surface area contributed by atoms with Gasteiger partial charge in [-0.05, 0) is 54.5 Å². The molecule has 2 heteroatoms. The summed E-state index contributed by atoms with van der Waals surface area (Å²) in [6.45, 7) is 9.03. The maximum absolute atomic E-state index is 5.55. The molecule has 1 aliphatic heterocycles. The van der Waals surface area contributed by atoms with Crippen LogP contribution in [0.4, 0.5) is 0 Å². The average Bonchev–Trinajstić information content (AvgIpc) is 2.38. The second-order valence-electron chi connectivity index (χ2n) is 6.23. The zero-order valence-electron chi connectivity index (χ0n) is 12.0. The summed E-state index contributed by atoms with van der Waals surface area (Å²) >= 11 is 0. The Hall–Kier alpha value is -1.02. The minimum Gasteiger partial charge on any atom is -0.496 e. The largest absolute Gasteiger partial charge is 0.496 e. The Kier molecular flexibility index (Phi) is 3.96. The van der Waals surface area contributed by atoms with Gasteiger partial charge >= 0.3 is 0 Å². The van der Waals surface area contributed by atoms with E-state index >= 15 is 0 Å². The van der Waals surface area contributed by atoms with Gasteiger partial charge in [0.2, 0.25) is 0 Å². The van der Waals surface area contributed by atoms with Gasteiger partial charge in [-0.15, -0.1) is 0 Å². The molecule has 1 aromatic carbocycles. The van der Waals surface area contributed by atoms with E-state index in [-0.39, 0.29) is 5.41 Å². The van der Waals surface area contributed by atoms with Crippen LogP contribution in [0.25, 0.3) is 0 Å². The Balaban J connectivity index is 2.35. The summed E-state index contributed by atoms with van der Waals surface area (Å²) < 4.78 is 5.55. The van der Waals surface area contributed by atoms with Crippen molar-refractivity contribution in [1.82, 2.24) is 5.32 Å². The lowest BCUT2D eigenvalue weighted by molar-refractivity contribution is 0.390. The molecule has 0 spiro atoms. The number of rotatable bonds is 2. The van der Waals surface area contributed by atoms with Crippen molar-refractivity contribution in [3.05, 3.63) is 29.3 Å². The molecule has 1 fully saturated rings. The van der Waals surface area contributed by atoms with Gasteiger partial charge in [-0.25, -0.2) is 0 Å². The van der Waals surface area contributed by atoms with Crippen molar-refractivity contribution in [2.24, 2.45) is 0 Å². The van der Waals surface area contributed by atoms with Crippen LogP contribution >= 0.6 is 0 Å². The van der Waals surface area contributed by atoms with Crippen LogP contribution in [0.3, 0.4) is 0 Å². The lowest BCUT2D eigenvalue weighted by atomic mass is 9.82. The van der Waals surface area contributed by atoms with E-state index in [1.165, 1.54) is 24.0 Å². The molecular weight excluding hydrogens is 222 g/mol. The van der Waals surface area contributed by atoms with Gasteiger partial charge in [0.1, 0.15) is 5.75 Å². The highest BCUT2D eigenvalue weighted by molar-refractivity contribution is 5.42. The van der Waals surface area contributed by atoms with Crippen LogP contribution in [-0.2, 0) is 5.41 Å². The molecule has 0 atom stereocenters. The highest BCUT2D eigenvalue weighted by atomic mass is 16.5. The molecule has 2 rings (SSSR count). The van der Waals surface area contributed by atoms with Crippen molar-refractivity contribution in [2.75, 3.05) is 20.2 Å². The van der Waals surface area contributed by atoms with Crippen LogP contribution in [0, 0.1) is 0 Å². The molecular formula is C16H25NO. The quantitative estimate of drug-likeness (QED) is 0.864. The van der Waals surface area contributed by atoms with E-state index in [4.69, 9.17) is 4.74 Å². The smallest absolute Gasteiger partial charge is 0.122 e. The van der Waals surface area contributed by atoms with Crippen LogP contribution in [0.15, 0.2) is 18.2 Å². The summed E-state index contributed by atoms with van der Waals surface area (Å²) in [6.07, 6.45) is 2.42. The molecule has 100 valence electrons. The highest BCUT2D eigenvalue weighted by Gasteiger charge is 2.22. The predicted octanol–water partition coefficient (Wildman–Crippen LogP) is 3.46. The van der Waals surface area contributed by atoms with Crippen LogP contribution in [0.2, 0.25) is 0 Å². The third-order valence-corrected chi connectivity index (χ3v) is 3.87. The van der Waals surface area contributed by atoms with Gasteiger partial charge in [0.15, 0.2) is 0 Å². The number of piperidine rings is 1. The minimum absolute atomic E-state index is 0.202. The van der Waals surface area contributed by atoms with Gasteiger partial charge in [0, 0.05) is 0 Å². The molecule has 0 aliphatic carbocycles. The van der Waals surface area contributed by atoms with Crippen molar-refractivity contribution in [2.45, 2.75) is 44.9 Å². The Morgan fingerprint density at radius 2 is 1.83 bits per heavy atom. The maximum Gasteiger partial charge on any atom is 0.122 e. The lowest BCUT2D eigenvalue weighted by Crippen LogP contribution is -2.27. The molecule has 18 heavy (non-hydrogen) atoms. The molecule has 1 aromatic rings. The molecule has 2 nitrogen and oxygen atoms in total. The van der Waals surface area contributed by atoms with E-state index in [0.29, 0.717) is 5.92 Å². The normalized spacial score (nSPS) is 17.8. The molecule has 1 saturated heterocycles. The van der Waals surface area contributed by atoms with E-state index in [9.17, 15) is 0 Å². The fourth-order valence-electron chi connectivity index (χ4n) is 2.65. The molecule has 0 radical (unpaired) electrons. The summed E-state index contributed by atoms with van der Waals surface area (Å²) in [5, 5.41) is 3.43. The first-order valence-corrected chi connectivity index (χ1v) is 6.91. The number of nitrogens with one attached hydrogen (secondary N) is 1. The molecule has 0 amide bonds. The molecule has 1 N–H and O–H groups in total. The standard InChI is InChI=1S/C16H25NO/c1-16(2,3)13-5-6-15(18-4)14(11-13)12-7-9-17-10-8-12/h5-6,11-12,17H,7-10H2,1-4H3. The topological polar surface area (TPSA) is 21.3 Å². The monoisotopic (exact) mass is 247 g/mol. The molecule has 0 unspecified atom stereocenters. The van der Waals surface area contributed by atoms with Crippen LogP contribution in [0.5, 0.6) is 5.75 Å². The second-order valence-corrected chi connectivity index (χ2v) is 6.23. The molecule has 0 saturated carbocycles. The molecule has 0 bridgehead atoms. The van der Waals surface area contributed by atoms with Gasteiger partial charge in [-0.3, -0.25) is 0 Å². The third-order valence-electron chi connectivity index (χ3n) is 3.87. The van der Waals surface area contributed by atoms with Crippen molar-refractivity contribution < 1.29 is 4.74 Å². The van der Waals surface area contributed by atoms with E-state index in [1.807, 2.05) is 0 Å². The summed E-state index contributed by atoms with van der Waals surface area (Å²) in [4.78, 5) is 0. The zero-order chi connectivity index (χ0) is 13.2. The maximum atomic E-state index is 5.55. The number of benzene rings is 1.